The summed E-state index contributed by atoms with van der Waals surface area (Å²) in [7, 11) is 0. The predicted molar refractivity (Wildman–Crippen MR) is 136 cm³/mol. The Morgan fingerprint density at radius 1 is 0.686 bits per heavy atom. The number of hydrogen-bond donors (Lipinski definition) is 4. The Kier molecular flexibility index (Phi) is 7.22. The van der Waals surface area contributed by atoms with Gasteiger partial charge < -0.3 is 25.7 Å². The lowest BCUT2D eigenvalue weighted by Crippen LogP contribution is -2.21. The Hall–Kier alpha value is -4.85. The molecule has 176 valence electrons. The zero-order valence-corrected chi connectivity index (χ0v) is 19.0. The summed E-state index contributed by atoms with van der Waals surface area (Å²) in [4.78, 5) is 36.8. The molecule has 0 aliphatic carbocycles. The lowest BCUT2D eigenvalue weighted by Gasteiger charge is -2.11. The highest BCUT2D eigenvalue weighted by Gasteiger charge is 2.10. The van der Waals surface area contributed by atoms with Crippen molar-refractivity contribution in [2.24, 2.45) is 0 Å². The van der Waals surface area contributed by atoms with Gasteiger partial charge in [0.25, 0.3) is 11.8 Å². The molecular weight excluding hydrogens is 444 g/mol. The lowest BCUT2D eigenvalue weighted by molar-refractivity contribution is -0.114. The summed E-state index contributed by atoms with van der Waals surface area (Å²) in [5.41, 5.74) is 4.06. The second-order valence-corrected chi connectivity index (χ2v) is 7.81. The minimum Gasteiger partial charge on any atom is -0.459 e. The maximum Gasteiger partial charge on any atom is 0.291 e. The maximum atomic E-state index is 12.4. The van der Waals surface area contributed by atoms with E-state index < -0.39 is 0 Å². The fourth-order valence-electron chi connectivity index (χ4n) is 3.32. The molecule has 0 saturated carbocycles. The third kappa shape index (κ3) is 6.58. The molecule has 8 heteroatoms. The van der Waals surface area contributed by atoms with Gasteiger partial charge in [-0.15, -0.1) is 0 Å². The monoisotopic (exact) mass is 468 g/mol. The number of carbonyl (C=O) groups excluding carboxylic acids is 3. The highest BCUT2D eigenvalue weighted by atomic mass is 16.3. The van der Waals surface area contributed by atoms with Gasteiger partial charge in [0.1, 0.15) is 0 Å². The second kappa shape index (κ2) is 10.8. The summed E-state index contributed by atoms with van der Waals surface area (Å²) in [5.74, 6) is -0.587. The van der Waals surface area contributed by atoms with Crippen molar-refractivity contribution in [2.45, 2.75) is 6.92 Å². The number of furan rings is 1. The standard InChI is InChI=1S/C27H24N4O4/c1-18-5-2-6-19(15-18)26(33)30-21-12-10-20(11-13-21)29-25(32)17-28-22-7-3-8-23(16-22)31-27(34)24-9-4-14-35-24/h2-16,28H,17H2,1H3,(H,29,32)(H,30,33)(H,31,34). The molecule has 0 fully saturated rings. The van der Waals surface area contributed by atoms with Gasteiger partial charge in [0.15, 0.2) is 5.76 Å². The first-order valence-corrected chi connectivity index (χ1v) is 10.9. The molecule has 4 aromatic rings. The van der Waals surface area contributed by atoms with Gasteiger partial charge in [0.05, 0.1) is 12.8 Å². The average molecular weight is 469 g/mol. The van der Waals surface area contributed by atoms with Crippen LogP contribution in [0.25, 0.3) is 0 Å². The van der Waals surface area contributed by atoms with E-state index >= 15 is 0 Å². The number of benzene rings is 3. The molecule has 0 aliphatic rings. The topological polar surface area (TPSA) is 112 Å². The summed E-state index contributed by atoms with van der Waals surface area (Å²) in [6.07, 6.45) is 1.43. The van der Waals surface area contributed by atoms with Crippen molar-refractivity contribution in [3.05, 3.63) is 108 Å². The summed E-state index contributed by atoms with van der Waals surface area (Å²) < 4.78 is 5.08. The number of rotatable bonds is 8. The molecule has 8 nitrogen and oxygen atoms in total. The molecule has 0 radical (unpaired) electrons. The third-order valence-corrected chi connectivity index (χ3v) is 5.03. The normalized spacial score (nSPS) is 10.3. The Morgan fingerprint density at radius 3 is 2.09 bits per heavy atom. The fourth-order valence-corrected chi connectivity index (χ4v) is 3.32. The molecule has 1 heterocycles. The van der Waals surface area contributed by atoms with Gasteiger partial charge in [0.2, 0.25) is 5.91 Å². The van der Waals surface area contributed by atoms with Crippen molar-refractivity contribution < 1.29 is 18.8 Å². The van der Waals surface area contributed by atoms with Crippen LogP contribution in [0.3, 0.4) is 0 Å². The average Bonchev–Trinajstić information content (AvgIpc) is 3.40. The van der Waals surface area contributed by atoms with Crippen LogP contribution in [-0.4, -0.2) is 24.3 Å². The summed E-state index contributed by atoms with van der Waals surface area (Å²) >= 11 is 0. The quantitative estimate of drug-likeness (QED) is 0.286. The number of carbonyl (C=O) groups is 3. The largest absolute Gasteiger partial charge is 0.459 e. The van der Waals surface area contributed by atoms with Crippen LogP contribution in [0.1, 0.15) is 26.5 Å². The van der Waals surface area contributed by atoms with Gasteiger partial charge in [0, 0.05) is 28.3 Å². The molecule has 0 atom stereocenters. The predicted octanol–water partition coefficient (Wildman–Crippen LogP) is 5.14. The second-order valence-electron chi connectivity index (χ2n) is 7.81. The van der Waals surface area contributed by atoms with Crippen LogP contribution in [0.5, 0.6) is 0 Å². The summed E-state index contributed by atoms with van der Waals surface area (Å²) in [6, 6.07) is 24.5. The van der Waals surface area contributed by atoms with E-state index in [9.17, 15) is 14.4 Å². The van der Waals surface area contributed by atoms with Gasteiger partial charge in [-0.3, -0.25) is 14.4 Å². The van der Waals surface area contributed by atoms with Crippen LogP contribution < -0.4 is 21.3 Å². The van der Waals surface area contributed by atoms with Crippen molar-refractivity contribution in [1.29, 1.82) is 0 Å². The van der Waals surface area contributed by atoms with Crippen LogP contribution in [0.2, 0.25) is 0 Å². The van der Waals surface area contributed by atoms with Crippen molar-refractivity contribution in [2.75, 3.05) is 27.8 Å². The highest BCUT2D eigenvalue weighted by molar-refractivity contribution is 6.04. The summed E-state index contributed by atoms with van der Waals surface area (Å²) in [6.45, 7) is 1.96. The maximum absolute atomic E-state index is 12.4. The van der Waals surface area contributed by atoms with Gasteiger partial charge in [-0.2, -0.15) is 0 Å². The van der Waals surface area contributed by atoms with E-state index in [0.29, 0.717) is 28.3 Å². The van der Waals surface area contributed by atoms with E-state index in [1.807, 2.05) is 25.1 Å². The van der Waals surface area contributed by atoms with E-state index in [-0.39, 0.29) is 30.0 Å². The van der Waals surface area contributed by atoms with Crippen LogP contribution in [0.15, 0.2) is 95.6 Å². The molecule has 0 bridgehead atoms. The number of nitrogens with one attached hydrogen (secondary N) is 4. The fraction of sp³-hybridized carbons (Fsp3) is 0.0741. The molecule has 0 saturated heterocycles. The zero-order chi connectivity index (χ0) is 24.6. The minimum absolute atomic E-state index is 0.0292. The third-order valence-electron chi connectivity index (χ3n) is 5.03. The molecule has 3 amide bonds. The highest BCUT2D eigenvalue weighted by Crippen LogP contribution is 2.17. The van der Waals surface area contributed by atoms with Gasteiger partial charge >= 0.3 is 0 Å². The van der Waals surface area contributed by atoms with Crippen molar-refractivity contribution in [1.82, 2.24) is 0 Å². The van der Waals surface area contributed by atoms with E-state index in [1.54, 1.807) is 66.7 Å². The molecule has 1 aromatic heterocycles. The first-order chi connectivity index (χ1) is 17.0. The molecule has 0 aliphatic heterocycles. The van der Waals surface area contributed by atoms with Crippen LogP contribution >= 0.6 is 0 Å². The van der Waals surface area contributed by atoms with Gasteiger partial charge in [-0.1, -0.05) is 23.8 Å². The Bertz CT molecular complexity index is 1330. The SMILES string of the molecule is Cc1cccc(C(=O)Nc2ccc(NC(=O)CNc3cccc(NC(=O)c4ccco4)c3)cc2)c1. The van der Waals surface area contributed by atoms with Gasteiger partial charge in [-0.25, -0.2) is 0 Å². The molecule has 0 spiro atoms. The molecule has 3 aromatic carbocycles. The van der Waals surface area contributed by atoms with Crippen molar-refractivity contribution in [3.63, 3.8) is 0 Å². The summed E-state index contributed by atoms with van der Waals surface area (Å²) in [5, 5.41) is 11.4. The Morgan fingerprint density at radius 2 is 1.37 bits per heavy atom. The molecule has 4 N–H and O–H groups in total. The first kappa shape index (κ1) is 23.3. The first-order valence-electron chi connectivity index (χ1n) is 10.9. The smallest absolute Gasteiger partial charge is 0.291 e. The van der Waals surface area contributed by atoms with E-state index in [0.717, 1.165) is 5.56 Å². The van der Waals surface area contributed by atoms with Gasteiger partial charge in [-0.05, 0) is 73.7 Å². The lowest BCUT2D eigenvalue weighted by atomic mass is 10.1. The number of amides is 3. The molecule has 0 unspecified atom stereocenters. The number of hydrogen-bond acceptors (Lipinski definition) is 5. The van der Waals surface area contributed by atoms with Crippen LogP contribution in [-0.2, 0) is 4.79 Å². The molecule has 35 heavy (non-hydrogen) atoms. The molecular formula is C27H24N4O4. The number of aryl methyl sites for hydroxylation is 1. The minimum atomic E-state index is -0.358. The van der Waals surface area contributed by atoms with Crippen LogP contribution in [0.4, 0.5) is 22.7 Å². The van der Waals surface area contributed by atoms with Crippen molar-refractivity contribution in [3.8, 4) is 0 Å². The van der Waals surface area contributed by atoms with E-state index in [4.69, 9.17) is 4.42 Å². The molecule has 4 rings (SSSR count). The van der Waals surface area contributed by atoms with Crippen molar-refractivity contribution >= 4 is 40.5 Å². The van der Waals surface area contributed by atoms with E-state index in [1.165, 1.54) is 6.26 Å². The zero-order valence-electron chi connectivity index (χ0n) is 19.0. The van der Waals surface area contributed by atoms with Crippen LogP contribution in [0, 0.1) is 6.92 Å². The van der Waals surface area contributed by atoms with E-state index in [2.05, 4.69) is 21.3 Å². The Balaban J connectivity index is 1.26. The Labute approximate surface area is 202 Å². The number of anilines is 4.